The van der Waals surface area contributed by atoms with Gasteiger partial charge in [-0.25, -0.2) is 4.39 Å². The van der Waals surface area contributed by atoms with Crippen molar-refractivity contribution in [3.63, 3.8) is 0 Å². The van der Waals surface area contributed by atoms with E-state index in [-0.39, 0.29) is 11.7 Å². The van der Waals surface area contributed by atoms with E-state index in [0.29, 0.717) is 16.3 Å². The van der Waals surface area contributed by atoms with Crippen molar-refractivity contribution in [2.45, 2.75) is 6.92 Å². The number of aryl methyl sites for hydroxylation is 1. The molecule has 0 saturated heterocycles. The van der Waals surface area contributed by atoms with E-state index in [0.717, 1.165) is 5.56 Å². The molecule has 0 aliphatic carbocycles. The van der Waals surface area contributed by atoms with Crippen molar-refractivity contribution >= 4 is 23.2 Å². The van der Waals surface area contributed by atoms with Crippen molar-refractivity contribution < 1.29 is 9.18 Å². The second-order valence-corrected chi connectivity index (χ2v) is 4.35. The van der Waals surface area contributed by atoms with E-state index in [1.807, 2.05) is 13.0 Å². The second-order valence-electron chi connectivity index (χ2n) is 3.94. The van der Waals surface area contributed by atoms with Crippen molar-refractivity contribution in [1.82, 2.24) is 0 Å². The van der Waals surface area contributed by atoms with Gasteiger partial charge >= 0.3 is 0 Å². The largest absolute Gasteiger partial charge is 0.321 e. The summed E-state index contributed by atoms with van der Waals surface area (Å²) < 4.78 is 12.7. The monoisotopic (exact) mass is 263 g/mol. The lowest BCUT2D eigenvalue weighted by atomic mass is 10.2. The minimum Gasteiger partial charge on any atom is -0.321 e. The third-order valence-electron chi connectivity index (χ3n) is 2.48. The highest BCUT2D eigenvalue weighted by Crippen LogP contribution is 2.23. The minimum atomic E-state index is -0.375. The lowest BCUT2D eigenvalue weighted by Gasteiger charge is -2.08. The van der Waals surface area contributed by atoms with Crippen LogP contribution in [0.25, 0.3) is 0 Å². The van der Waals surface area contributed by atoms with E-state index in [1.54, 1.807) is 12.1 Å². The van der Waals surface area contributed by atoms with E-state index in [2.05, 4.69) is 5.32 Å². The zero-order valence-electron chi connectivity index (χ0n) is 9.71. The van der Waals surface area contributed by atoms with Crippen LogP contribution in [0.1, 0.15) is 15.9 Å². The predicted octanol–water partition coefficient (Wildman–Crippen LogP) is 4.04. The number of hydrogen-bond donors (Lipinski definition) is 1. The number of amides is 1. The molecule has 0 aromatic heterocycles. The fraction of sp³-hybridized carbons (Fsp3) is 0.0714. The average molecular weight is 264 g/mol. The Kier molecular flexibility index (Phi) is 3.63. The van der Waals surface area contributed by atoms with Crippen molar-refractivity contribution in [2.75, 3.05) is 5.32 Å². The molecule has 18 heavy (non-hydrogen) atoms. The molecular formula is C14H11ClFNO. The second kappa shape index (κ2) is 5.19. The Hall–Kier alpha value is -1.87. The molecule has 92 valence electrons. The zero-order valence-corrected chi connectivity index (χ0v) is 10.5. The molecule has 2 aromatic carbocycles. The van der Waals surface area contributed by atoms with Crippen LogP contribution >= 0.6 is 11.6 Å². The van der Waals surface area contributed by atoms with Crippen LogP contribution in [0, 0.1) is 12.7 Å². The molecule has 1 amide bonds. The van der Waals surface area contributed by atoms with Gasteiger partial charge in [-0.1, -0.05) is 17.7 Å². The van der Waals surface area contributed by atoms with Gasteiger partial charge in [0, 0.05) is 5.56 Å². The van der Waals surface area contributed by atoms with Crippen LogP contribution in [0.3, 0.4) is 0 Å². The Bertz CT molecular complexity index is 581. The van der Waals surface area contributed by atoms with Gasteiger partial charge in [-0.15, -0.1) is 0 Å². The molecule has 1 N–H and O–H groups in total. The van der Waals surface area contributed by atoms with Gasteiger partial charge in [-0.05, 0) is 48.9 Å². The summed E-state index contributed by atoms with van der Waals surface area (Å²) in [6, 6.07) is 10.7. The summed E-state index contributed by atoms with van der Waals surface area (Å²) in [6.07, 6.45) is 0. The van der Waals surface area contributed by atoms with E-state index in [1.165, 1.54) is 24.3 Å². The first-order valence-electron chi connectivity index (χ1n) is 5.39. The van der Waals surface area contributed by atoms with Gasteiger partial charge in [0.25, 0.3) is 5.91 Å². The third kappa shape index (κ3) is 2.87. The Balaban J connectivity index is 2.21. The lowest BCUT2D eigenvalue weighted by molar-refractivity contribution is 0.102. The Morgan fingerprint density at radius 3 is 2.50 bits per heavy atom. The summed E-state index contributed by atoms with van der Waals surface area (Å²) in [7, 11) is 0. The van der Waals surface area contributed by atoms with E-state index < -0.39 is 0 Å². The number of benzene rings is 2. The predicted molar refractivity (Wildman–Crippen MR) is 70.5 cm³/mol. The number of carbonyl (C=O) groups excluding carboxylic acids is 1. The molecule has 2 rings (SSSR count). The first-order chi connectivity index (χ1) is 8.56. The SMILES string of the molecule is Cc1ccc(Cl)c(NC(=O)c2ccc(F)cc2)c1. The Labute approximate surface area is 109 Å². The smallest absolute Gasteiger partial charge is 0.255 e. The van der Waals surface area contributed by atoms with Crippen molar-refractivity contribution in [1.29, 1.82) is 0 Å². The molecule has 2 nitrogen and oxygen atoms in total. The van der Waals surface area contributed by atoms with Gasteiger partial charge in [0.2, 0.25) is 0 Å². The minimum absolute atomic E-state index is 0.317. The van der Waals surface area contributed by atoms with Crippen LogP contribution in [0.4, 0.5) is 10.1 Å². The standard InChI is InChI=1S/C14H11ClFNO/c1-9-2-7-12(15)13(8-9)17-14(18)10-3-5-11(16)6-4-10/h2-8H,1H3,(H,17,18). The molecule has 2 aromatic rings. The molecule has 0 aliphatic heterocycles. The average Bonchev–Trinajstić information content (AvgIpc) is 2.34. The van der Waals surface area contributed by atoms with Gasteiger partial charge in [-0.2, -0.15) is 0 Å². The molecule has 0 heterocycles. The Morgan fingerprint density at radius 2 is 1.83 bits per heavy atom. The number of hydrogen-bond acceptors (Lipinski definition) is 1. The topological polar surface area (TPSA) is 29.1 Å². The van der Waals surface area contributed by atoms with Crippen LogP contribution in [0.2, 0.25) is 5.02 Å². The van der Waals surface area contributed by atoms with E-state index in [4.69, 9.17) is 11.6 Å². The van der Waals surface area contributed by atoms with Crippen LogP contribution < -0.4 is 5.32 Å². The fourth-order valence-corrected chi connectivity index (χ4v) is 1.70. The highest BCUT2D eigenvalue weighted by molar-refractivity contribution is 6.33. The molecule has 0 fully saturated rings. The maximum atomic E-state index is 12.7. The summed E-state index contributed by atoms with van der Waals surface area (Å²) in [6.45, 7) is 1.91. The molecule has 0 saturated carbocycles. The molecule has 4 heteroatoms. The Morgan fingerprint density at radius 1 is 1.17 bits per heavy atom. The number of carbonyl (C=O) groups is 1. The summed E-state index contributed by atoms with van der Waals surface area (Å²) >= 11 is 5.98. The maximum absolute atomic E-state index is 12.7. The van der Waals surface area contributed by atoms with Crippen molar-refractivity contribution in [3.05, 3.63) is 64.4 Å². The van der Waals surface area contributed by atoms with Gasteiger partial charge in [-0.3, -0.25) is 4.79 Å². The zero-order chi connectivity index (χ0) is 13.1. The number of anilines is 1. The van der Waals surface area contributed by atoms with E-state index >= 15 is 0 Å². The van der Waals surface area contributed by atoms with Crippen LogP contribution in [0.5, 0.6) is 0 Å². The fourth-order valence-electron chi connectivity index (χ4n) is 1.53. The normalized spacial score (nSPS) is 10.2. The van der Waals surface area contributed by atoms with Crippen LogP contribution in [-0.2, 0) is 0 Å². The number of nitrogens with one attached hydrogen (secondary N) is 1. The molecule has 0 atom stereocenters. The molecule has 0 unspecified atom stereocenters. The number of rotatable bonds is 2. The summed E-state index contributed by atoms with van der Waals surface area (Å²) in [5.74, 6) is -0.692. The van der Waals surface area contributed by atoms with Crippen LogP contribution in [-0.4, -0.2) is 5.91 Å². The van der Waals surface area contributed by atoms with E-state index in [9.17, 15) is 9.18 Å². The third-order valence-corrected chi connectivity index (χ3v) is 2.81. The lowest BCUT2D eigenvalue weighted by Crippen LogP contribution is -2.12. The summed E-state index contributed by atoms with van der Waals surface area (Å²) in [5.41, 5.74) is 1.92. The first-order valence-corrected chi connectivity index (χ1v) is 5.77. The molecular weight excluding hydrogens is 253 g/mol. The van der Waals surface area contributed by atoms with Gasteiger partial charge < -0.3 is 5.32 Å². The molecule has 0 radical (unpaired) electrons. The summed E-state index contributed by atoms with van der Waals surface area (Å²) in [4.78, 5) is 11.9. The number of halogens is 2. The van der Waals surface area contributed by atoms with Gasteiger partial charge in [0.15, 0.2) is 0 Å². The highest BCUT2D eigenvalue weighted by Gasteiger charge is 2.08. The van der Waals surface area contributed by atoms with Crippen molar-refractivity contribution in [2.24, 2.45) is 0 Å². The summed E-state index contributed by atoms with van der Waals surface area (Å²) in [5, 5.41) is 3.16. The highest BCUT2D eigenvalue weighted by atomic mass is 35.5. The maximum Gasteiger partial charge on any atom is 0.255 e. The van der Waals surface area contributed by atoms with Gasteiger partial charge in [0.05, 0.1) is 10.7 Å². The molecule has 0 aliphatic rings. The molecule has 0 bridgehead atoms. The first kappa shape index (κ1) is 12.6. The quantitative estimate of drug-likeness (QED) is 0.870. The van der Waals surface area contributed by atoms with Crippen molar-refractivity contribution in [3.8, 4) is 0 Å². The van der Waals surface area contributed by atoms with Crippen LogP contribution in [0.15, 0.2) is 42.5 Å². The van der Waals surface area contributed by atoms with Gasteiger partial charge in [0.1, 0.15) is 5.82 Å². The molecule has 0 spiro atoms.